The van der Waals surface area contributed by atoms with Crippen LogP contribution in [0.4, 0.5) is 0 Å². The van der Waals surface area contributed by atoms with Gasteiger partial charge in [-0.25, -0.2) is 0 Å². The first-order valence-electron chi connectivity index (χ1n) is 24.6. The second kappa shape index (κ2) is 39.5. The molecule has 0 saturated carbocycles. The number of allylic oxidation sites excluding steroid dienone is 3. The summed E-state index contributed by atoms with van der Waals surface area (Å²) in [5, 5.41) is 64.9. The highest BCUT2D eigenvalue weighted by atomic mass is 16.7. The summed E-state index contributed by atoms with van der Waals surface area (Å²) in [6.45, 7) is 3.63. The Labute approximate surface area is 361 Å². The second-order valence-corrected chi connectivity index (χ2v) is 17.4. The Kier molecular flexibility index (Phi) is 37.2. The summed E-state index contributed by atoms with van der Waals surface area (Å²) in [4.78, 5) is 13.0. The number of amides is 1. The van der Waals surface area contributed by atoms with Crippen molar-refractivity contribution in [1.82, 2.24) is 5.32 Å². The second-order valence-electron chi connectivity index (χ2n) is 17.4. The standard InChI is InChI=1S/C49H93NO9/c1-3-5-7-9-11-13-15-17-18-19-20-21-22-23-25-26-28-30-32-34-36-41(52)38-43(53)42(40-58-49-48(57)47(56)46(55)44(39-51)59-49)50-45(54)37-35-33-31-29-27-24-16-14-12-10-8-6-4-2/h28,30,34,36,41-44,46-49,51-53,55-57H,3-27,29,31-33,35,37-40H2,1-2H3,(H,50,54)/b30-28+,36-34+/t41?,42?,43?,44-,46-,47+,48-,49-/m1/s1. The number of hydrogen-bond donors (Lipinski definition) is 7. The predicted molar refractivity (Wildman–Crippen MR) is 241 cm³/mol. The van der Waals surface area contributed by atoms with Gasteiger partial charge in [0.2, 0.25) is 5.91 Å². The highest BCUT2D eigenvalue weighted by Gasteiger charge is 2.44. The zero-order valence-electron chi connectivity index (χ0n) is 37.9. The number of aliphatic hydroxyl groups excluding tert-OH is 6. The number of carbonyl (C=O) groups is 1. The van der Waals surface area contributed by atoms with E-state index >= 15 is 0 Å². The molecule has 0 radical (unpaired) electrons. The summed E-state index contributed by atoms with van der Waals surface area (Å²) >= 11 is 0. The largest absolute Gasteiger partial charge is 0.394 e. The molecule has 10 heteroatoms. The fraction of sp³-hybridized carbons (Fsp3) is 0.898. The van der Waals surface area contributed by atoms with Gasteiger partial charge in [-0.3, -0.25) is 4.79 Å². The van der Waals surface area contributed by atoms with Crippen LogP contribution in [0.3, 0.4) is 0 Å². The number of rotatable bonds is 41. The van der Waals surface area contributed by atoms with Crippen molar-refractivity contribution in [3.63, 3.8) is 0 Å². The van der Waals surface area contributed by atoms with Gasteiger partial charge in [-0.1, -0.05) is 205 Å². The first-order chi connectivity index (χ1) is 28.7. The van der Waals surface area contributed by atoms with Gasteiger partial charge in [0.15, 0.2) is 6.29 Å². The Bertz CT molecular complexity index is 995. The maximum absolute atomic E-state index is 13.0. The van der Waals surface area contributed by atoms with Crippen LogP contribution < -0.4 is 5.32 Å². The Morgan fingerprint density at radius 2 is 1.07 bits per heavy atom. The Morgan fingerprint density at radius 1 is 0.610 bits per heavy atom. The Morgan fingerprint density at radius 3 is 1.54 bits per heavy atom. The first kappa shape index (κ1) is 55.6. The minimum Gasteiger partial charge on any atom is -0.394 e. The van der Waals surface area contributed by atoms with Crippen LogP contribution in [0.25, 0.3) is 0 Å². The van der Waals surface area contributed by atoms with Crippen LogP contribution in [0.2, 0.25) is 0 Å². The van der Waals surface area contributed by atoms with Crippen molar-refractivity contribution < 1.29 is 44.9 Å². The smallest absolute Gasteiger partial charge is 0.220 e. The van der Waals surface area contributed by atoms with Gasteiger partial charge in [-0.15, -0.1) is 0 Å². The van der Waals surface area contributed by atoms with Crippen LogP contribution >= 0.6 is 0 Å². The lowest BCUT2D eigenvalue weighted by Gasteiger charge is -2.40. The lowest BCUT2D eigenvalue weighted by molar-refractivity contribution is -0.302. The number of unbranched alkanes of at least 4 members (excludes halogenated alkanes) is 27. The molecule has 1 aliphatic rings. The summed E-state index contributed by atoms with van der Waals surface area (Å²) in [5.74, 6) is -0.251. The van der Waals surface area contributed by atoms with E-state index in [1.54, 1.807) is 6.08 Å². The zero-order chi connectivity index (χ0) is 43.2. The van der Waals surface area contributed by atoms with E-state index in [9.17, 15) is 35.4 Å². The molecule has 348 valence electrons. The Balaban J connectivity index is 2.38. The zero-order valence-corrected chi connectivity index (χ0v) is 37.9. The van der Waals surface area contributed by atoms with Gasteiger partial charge in [-0.05, 0) is 25.7 Å². The van der Waals surface area contributed by atoms with Gasteiger partial charge in [0, 0.05) is 12.8 Å². The summed E-state index contributed by atoms with van der Waals surface area (Å²) in [6.07, 6.45) is 36.3. The molecule has 0 bridgehead atoms. The minimum absolute atomic E-state index is 0.0545. The molecule has 0 aromatic carbocycles. The van der Waals surface area contributed by atoms with Crippen LogP contribution in [-0.4, -0.2) is 98.7 Å². The van der Waals surface area contributed by atoms with E-state index in [1.165, 1.54) is 154 Å². The number of ether oxygens (including phenoxy) is 2. The monoisotopic (exact) mass is 840 g/mol. The molecular formula is C49H93NO9. The van der Waals surface area contributed by atoms with Crippen molar-refractivity contribution in [1.29, 1.82) is 0 Å². The highest BCUT2D eigenvalue weighted by Crippen LogP contribution is 2.23. The minimum atomic E-state index is -1.61. The van der Waals surface area contributed by atoms with Gasteiger partial charge >= 0.3 is 0 Å². The van der Waals surface area contributed by atoms with Gasteiger partial charge in [-0.2, -0.15) is 0 Å². The fourth-order valence-corrected chi connectivity index (χ4v) is 7.89. The number of hydrogen-bond acceptors (Lipinski definition) is 9. The quantitative estimate of drug-likeness (QED) is 0.0234. The van der Waals surface area contributed by atoms with E-state index in [0.717, 1.165) is 32.1 Å². The van der Waals surface area contributed by atoms with Crippen LogP contribution in [0, 0.1) is 0 Å². The normalized spacial score (nSPS) is 21.4. The summed E-state index contributed by atoms with van der Waals surface area (Å²) in [7, 11) is 0. The fourth-order valence-electron chi connectivity index (χ4n) is 7.89. The van der Waals surface area contributed by atoms with Crippen molar-refractivity contribution in [2.24, 2.45) is 0 Å². The number of nitrogens with one attached hydrogen (secondary N) is 1. The van der Waals surface area contributed by atoms with E-state index in [0.29, 0.717) is 6.42 Å². The van der Waals surface area contributed by atoms with Gasteiger partial charge in [0.25, 0.3) is 0 Å². The van der Waals surface area contributed by atoms with Crippen molar-refractivity contribution in [2.75, 3.05) is 13.2 Å². The molecule has 8 atom stereocenters. The lowest BCUT2D eigenvalue weighted by atomic mass is 9.99. The van der Waals surface area contributed by atoms with E-state index in [2.05, 4.69) is 31.3 Å². The summed E-state index contributed by atoms with van der Waals surface area (Å²) < 4.78 is 11.2. The average molecular weight is 840 g/mol. The molecule has 10 nitrogen and oxygen atoms in total. The molecule has 0 aliphatic carbocycles. The molecule has 0 spiro atoms. The molecule has 59 heavy (non-hydrogen) atoms. The molecule has 0 aromatic rings. The van der Waals surface area contributed by atoms with Gasteiger partial charge in [0.05, 0.1) is 31.5 Å². The maximum atomic E-state index is 13.0. The Hall–Kier alpha value is -1.37. The van der Waals surface area contributed by atoms with Crippen molar-refractivity contribution in [3.8, 4) is 0 Å². The third kappa shape index (κ3) is 30.3. The molecular weight excluding hydrogens is 747 g/mol. The van der Waals surface area contributed by atoms with E-state index in [1.807, 2.05) is 6.08 Å². The molecule has 3 unspecified atom stereocenters. The predicted octanol–water partition coefficient (Wildman–Crippen LogP) is 9.64. The van der Waals surface area contributed by atoms with E-state index in [4.69, 9.17) is 9.47 Å². The molecule has 1 aliphatic heterocycles. The molecule has 1 rings (SSSR count). The van der Waals surface area contributed by atoms with E-state index < -0.39 is 55.6 Å². The van der Waals surface area contributed by atoms with Crippen LogP contribution in [-0.2, 0) is 14.3 Å². The van der Waals surface area contributed by atoms with Crippen LogP contribution in [0.15, 0.2) is 24.3 Å². The summed E-state index contributed by atoms with van der Waals surface area (Å²) in [6, 6.07) is -0.935. The summed E-state index contributed by atoms with van der Waals surface area (Å²) in [5.41, 5.74) is 0. The number of carbonyl (C=O) groups excluding carboxylic acids is 1. The van der Waals surface area contributed by atoms with Crippen molar-refractivity contribution in [2.45, 2.75) is 268 Å². The third-order valence-electron chi connectivity index (χ3n) is 11.9. The molecule has 7 N–H and O–H groups in total. The third-order valence-corrected chi connectivity index (χ3v) is 11.9. The van der Waals surface area contributed by atoms with E-state index in [-0.39, 0.29) is 25.4 Å². The maximum Gasteiger partial charge on any atom is 0.220 e. The van der Waals surface area contributed by atoms with Crippen molar-refractivity contribution >= 4 is 5.91 Å². The van der Waals surface area contributed by atoms with Crippen molar-refractivity contribution in [3.05, 3.63) is 24.3 Å². The number of aliphatic hydroxyl groups is 6. The molecule has 1 saturated heterocycles. The molecule has 1 heterocycles. The average Bonchev–Trinajstić information content (AvgIpc) is 3.22. The lowest BCUT2D eigenvalue weighted by Crippen LogP contribution is -2.60. The van der Waals surface area contributed by atoms with Crippen LogP contribution in [0.1, 0.15) is 219 Å². The topological polar surface area (TPSA) is 169 Å². The molecule has 1 fully saturated rings. The van der Waals surface area contributed by atoms with Gasteiger partial charge < -0.3 is 45.4 Å². The molecule has 1 amide bonds. The van der Waals surface area contributed by atoms with Crippen LogP contribution in [0.5, 0.6) is 0 Å². The SMILES string of the molecule is CCCCCCCCCCCCCCCCC/C=C/C/C=C/C(O)CC(O)C(CO[C@@H]1O[C@H](CO)[C@@H](O)[C@H](O)[C@H]1O)NC(=O)CCCCCCCCCCCCCCC. The van der Waals surface area contributed by atoms with Gasteiger partial charge in [0.1, 0.15) is 24.4 Å². The first-order valence-corrected chi connectivity index (χ1v) is 24.6. The highest BCUT2D eigenvalue weighted by molar-refractivity contribution is 5.76. The molecule has 0 aromatic heterocycles.